The molecule has 3 rings (SSSR count). The zero-order valence-electron chi connectivity index (χ0n) is 10.8. The van der Waals surface area contributed by atoms with Crippen LogP contribution >= 0.6 is 11.8 Å². The quantitative estimate of drug-likeness (QED) is 0.855. The van der Waals surface area contributed by atoms with Crippen molar-refractivity contribution in [3.05, 3.63) is 45.2 Å². The van der Waals surface area contributed by atoms with Crippen LogP contribution in [0.15, 0.2) is 38.6 Å². The van der Waals surface area contributed by atoms with Gasteiger partial charge >= 0.3 is 0 Å². The Morgan fingerprint density at radius 3 is 2.76 bits per heavy atom. The van der Waals surface area contributed by atoms with Gasteiger partial charge in [0.1, 0.15) is 17.6 Å². The first kappa shape index (κ1) is 13.4. The first-order valence-electron chi connectivity index (χ1n) is 5.93. The number of nitrogens with one attached hydrogen (secondary N) is 1. The second kappa shape index (κ2) is 5.10. The summed E-state index contributed by atoms with van der Waals surface area (Å²) in [7, 11) is 1.52. The Bertz CT molecular complexity index is 852. The van der Waals surface area contributed by atoms with Gasteiger partial charge in [-0.2, -0.15) is 0 Å². The summed E-state index contributed by atoms with van der Waals surface area (Å²) in [4.78, 5) is 35.1. The van der Waals surface area contributed by atoms with Gasteiger partial charge in [0.05, 0.1) is 23.0 Å². The first-order valence-corrected chi connectivity index (χ1v) is 6.74. The molecular formula is C14H9NO5S. The predicted molar refractivity (Wildman–Crippen MR) is 78.1 cm³/mol. The maximum absolute atomic E-state index is 12.3. The van der Waals surface area contributed by atoms with E-state index in [1.54, 1.807) is 18.2 Å². The van der Waals surface area contributed by atoms with Crippen LogP contribution in [-0.2, 0) is 4.79 Å². The van der Waals surface area contributed by atoms with Gasteiger partial charge in [-0.15, -0.1) is 0 Å². The van der Waals surface area contributed by atoms with Crippen LogP contribution in [0.4, 0.5) is 4.79 Å². The number of methoxy groups -OCH3 is 1. The molecule has 0 aliphatic carbocycles. The fraction of sp³-hybridized carbons (Fsp3) is 0.0714. The Morgan fingerprint density at radius 1 is 1.29 bits per heavy atom. The Morgan fingerprint density at radius 2 is 2.10 bits per heavy atom. The molecule has 106 valence electrons. The molecule has 2 amide bonds. The molecule has 0 unspecified atom stereocenters. The Hall–Kier alpha value is -2.54. The highest BCUT2D eigenvalue weighted by atomic mass is 32.2. The molecule has 0 radical (unpaired) electrons. The van der Waals surface area contributed by atoms with Gasteiger partial charge in [0.2, 0.25) is 0 Å². The van der Waals surface area contributed by atoms with E-state index in [-0.39, 0.29) is 15.9 Å². The Kier molecular flexibility index (Phi) is 3.26. The van der Waals surface area contributed by atoms with E-state index >= 15 is 0 Å². The van der Waals surface area contributed by atoms with Gasteiger partial charge < -0.3 is 9.15 Å². The molecule has 6 nitrogen and oxygen atoms in total. The summed E-state index contributed by atoms with van der Waals surface area (Å²) in [5.41, 5.74) is 0.320. The van der Waals surface area contributed by atoms with Crippen molar-refractivity contribution < 1.29 is 18.7 Å². The lowest BCUT2D eigenvalue weighted by Crippen LogP contribution is -2.18. The maximum Gasteiger partial charge on any atom is 0.290 e. The largest absolute Gasteiger partial charge is 0.497 e. The number of imide groups is 1. The van der Waals surface area contributed by atoms with Crippen LogP contribution in [0.25, 0.3) is 17.0 Å². The standard InChI is InChI=1S/C14H9NO5S/c1-19-8-2-3-9-10(5-8)20-6-7(12(9)16)4-11-13(17)15-14(18)21-11/h2-6H,1H3,(H,15,17,18)/b11-4-. The first-order chi connectivity index (χ1) is 10.1. The monoisotopic (exact) mass is 303 g/mol. The fourth-order valence-electron chi connectivity index (χ4n) is 1.91. The summed E-state index contributed by atoms with van der Waals surface area (Å²) >= 11 is 0.750. The van der Waals surface area contributed by atoms with E-state index in [2.05, 4.69) is 5.32 Å². The number of fused-ring (bicyclic) bond motifs is 1. The van der Waals surface area contributed by atoms with Crippen molar-refractivity contribution in [1.29, 1.82) is 0 Å². The second-order valence-corrected chi connectivity index (χ2v) is 5.25. The van der Waals surface area contributed by atoms with Crippen molar-refractivity contribution >= 4 is 40.0 Å². The highest BCUT2D eigenvalue weighted by molar-refractivity contribution is 8.18. The molecule has 2 aromatic rings. The van der Waals surface area contributed by atoms with Crippen LogP contribution in [0.5, 0.6) is 5.75 Å². The number of carbonyl (C=O) groups excluding carboxylic acids is 2. The summed E-state index contributed by atoms with van der Waals surface area (Å²) in [6, 6.07) is 4.85. The van der Waals surface area contributed by atoms with E-state index in [1.807, 2.05) is 0 Å². The maximum atomic E-state index is 12.3. The van der Waals surface area contributed by atoms with E-state index in [0.29, 0.717) is 16.7 Å². The van der Waals surface area contributed by atoms with Crippen molar-refractivity contribution in [2.45, 2.75) is 0 Å². The molecule has 0 saturated carbocycles. The molecule has 1 aliphatic rings. The zero-order valence-corrected chi connectivity index (χ0v) is 11.7. The van der Waals surface area contributed by atoms with E-state index in [1.165, 1.54) is 19.4 Å². The van der Waals surface area contributed by atoms with Crippen molar-refractivity contribution in [3.8, 4) is 5.75 Å². The number of amides is 2. The molecule has 1 saturated heterocycles. The molecular weight excluding hydrogens is 294 g/mol. The van der Waals surface area contributed by atoms with E-state index in [4.69, 9.17) is 9.15 Å². The third kappa shape index (κ3) is 2.43. The molecule has 1 aromatic carbocycles. The Balaban J connectivity index is 2.11. The molecule has 1 fully saturated rings. The number of rotatable bonds is 2. The van der Waals surface area contributed by atoms with Gasteiger partial charge in [-0.1, -0.05) is 0 Å². The molecule has 1 aliphatic heterocycles. The minimum atomic E-state index is -0.515. The fourth-order valence-corrected chi connectivity index (χ4v) is 2.59. The lowest BCUT2D eigenvalue weighted by molar-refractivity contribution is -0.115. The highest BCUT2D eigenvalue weighted by Crippen LogP contribution is 2.25. The van der Waals surface area contributed by atoms with E-state index in [0.717, 1.165) is 11.8 Å². The molecule has 0 bridgehead atoms. The van der Waals surface area contributed by atoms with Crippen LogP contribution < -0.4 is 15.5 Å². The van der Waals surface area contributed by atoms with Crippen LogP contribution in [0.2, 0.25) is 0 Å². The van der Waals surface area contributed by atoms with Crippen molar-refractivity contribution in [2.75, 3.05) is 7.11 Å². The number of thioether (sulfide) groups is 1. The van der Waals surface area contributed by atoms with Crippen LogP contribution in [0.1, 0.15) is 5.56 Å². The average Bonchev–Trinajstić information content (AvgIpc) is 2.79. The lowest BCUT2D eigenvalue weighted by atomic mass is 10.1. The number of ether oxygens (including phenoxy) is 1. The minimum Gasteiger partial charge on any atom is -0.497 e. The van der Waals surface area contributed by atoms with Crippen LogP contribution in [0.3, 0.4) is 0 Å². The molecule has 0 atom stereocenters. The van der Waals surface area contributed by atoms with Gasteiger partial charge in [0.25, 0.3) is 11.1 Å². The topological polar surface area (TPSA) is 85.6 Å². The molecule has 7 heteroatoms. The van der Waals surface area contributed by atoms with Crippen LogP contribution in [-0.4, -0.2) is 18.3 Å². The third-order valence-corrected chi connectivity index (χ3v) is 3.75. The summed E-state index contributed by atoms with van der Waals surface area (Å²) in [6.45, 7) is 0. The van der Waals surface area contributed by atoms with Crippen molar-refractivity contribution in [3.63, 3.8) is 0 Å². The molecule has 1 N–H and O–H groups in total. The highest BCUT2D eigenvalue weighted by Gasteiger charge is 2.25. The van der Waals surface area contributed by atoms with Gasteiger partial charge in [0, 0.05) is 6.07 Å². The average molecular weight is 303 g/mol. The van der Waals surface area contributed by atoms with Gasteiger partial charge in [0.15, 0.2) is 5.43 Å². The number of carbonyl (C=O) groups is 2. The second-order valence-electron chi connectivity index (χ2n) is 4.23. The summed E-state index contributed by atoms with van der Waals surface area (Å²) in [5.74, 6) is 0.0623. The number of hydrogen-bond donors (Lipinski definition) is 1. The smallest absolute Gasteiger partial charge is 0.290 e. The summed E-state index contributed by atoms with van der Waals surface area (Å²) in [5, 5.41) is 2.04. The van der Waals surface area contributed by atoms with Gasteiger partial charge in [-0.25, -0.2) is 0 Å². The predicted octanol–water partition coefficient (Wildman–Crippen LogP) is 2.13. The number of hydrogen-bond acceptors (Lipinski definition) is 6. The molecule has 0 spiro atoms. The molecule has 1 aromatic heterocycles. The molecule has 2 heterocycles. The van der Waals surface area contributed by atoms with Crippen molar-refractivity contribution in [1.82, 2.24) is 5.32 Å². The lowest BCUT2D eigenvalue weighted by Gasteiger charge is -2.02. The summed E-state index contributed by atoms with van der Waals surface area (Å²) < 4.78 is 10.4. The summed E-state index contributed by atoms with van der Waals surface area (Å²) in [6.07, 6.45) is 2.61. The van der Waals surface area contributed by atoms with Crippen LogP contribution in [0, 0.1) is 0 Å². The van der Waals surface area contributed by atoms with Crippen molar-refractivity contribution in [2.24, 2.45) is 0 Å². The SMILES string of the molecule is COc1ccc2c(=O)c(/C=C3\SC(=O)NC3=O)coc2c1. The minimum absolute atomic E-state index is 0.167. The van der Waals surface area contributed by atoms with Gasteiger partial charge in [-0.3, -0.25) is 19.7 Å². The van der Waals surface area contributed by atoms with Gasteiger partial charge in [-0.05, 0) is 30.0 Å². The van der Waals surface area contributed by atoms with E-state index < -0.39 is 11.1 Å². The molecule has 21 heavy (non-hydrogen) atoms. The Labute approximate surface area is 122 Å². The third-order valence-electron chi connectivity index (χ3n) is 2.94. The zero-order chi connectivity index (χ0) is 15.0. The number of benzene rings is 1. The van der Waals surface area contributed by atoms with E-state index in [9.17, 15) is 14.4 Å². The normalized spacial score (nSPS) is 16.5.